The topological polar surface area (TPSA) is 55.4 Å². The van der Waals surface area contributed by atoms with E-state index in [1.165, 1.54) is 19.1 Å². The highest BCUT2D eigenvalue weighted by molar-refractivity contribution is 9.10. The monoisotopic (exact) mass is 317 g/mol. The molecule has 1 aromatic rings. The fraction of sp³-hybridized carbons (Fsp3) is 0.333. The van der Waals surface area contributed by atoms with Gasteiger partial charge in [0.25, 0.3) is 5.91 Å². The van der Waals surface area contributed by atoms with Crippen molar-refractivity contribution in [2.75, 3.05) is 13.2 Å². The van der Waals surface area contributed by atoms with Crippen molar-refractivity contribution in [1.29, 1.82) is 0 Å². The number of hydrogen-bond donors (Lipinski definition) is 1. The molecule has 0 radical (unpaired) electrons. The number of carbonyl (C=O) groups is 2. The normalized spacial score (nSPS) is 10.0. The Kier molecular flexibility index (Phi) is 5.27. The van der Waals surface area contributed by atoms with Crippen LogP contribution in [0.15, 0.2) is 16.6 Å². The zero-order valence-electron chi connectivity index (χ0n) is 10.0. The molecule has 0 aromatic heterocycles. The van der Waals surface area contributed by atoms with E-state index in [-0.39, 0.29) is 29.6 Å². The lowest BCUT2D eigenvalue weighted by Crippen LogP contribution is -2.28. The van der Waals surface area contributed by atoms with Gasteiger partial charge in [0, 0.05) is 11.0 Å². The van der Waals surface area contributed by atoms with Gasteiger partial charge >= 0.3 is 0 Å². The van der Waals surface area contributed by atoms with Crippen LogP contribution in [0.3, 0.4) is 0 Å². The molecule has 1 N–H and O–H groups in total. The van der Waals surface area contributed by atoms with Gasteiger partial charge in [-0.15, -0.1) is 0 Å². The van der Waals surface area contributed by atoms with E-state index in [0.29, 0.717) is 11.0 Å². The fourth-order valence-electron chi connectivity index (χ4n) is 1.35. The highest BCUT2D eigenvalue weighted by atomic mass is 79.9. The van der Waals surface area contributed by atoms with Gasteiger partial charge in [0.2, 0.25) is 0 Å². The number of ketones is 1. The average molecular weight is 318 g/mol. The molecule has 0 aliphatic carbocycles. The van der Waals surface area contributed by atoms with Crippen LogP contribution >= 0.6 is 15.9 Å². The first kappa shape index (κ1) is 14.6. The Morgan fingerprint density at radius 3 is 2.67 bits per heavy atom. The van der Waals surface area contributed by atoms with E-state index >= 15 is 0 Å². The highest BCUT2D eigenvalue weighted by Gasteiger charge is 2.16. The van der Waals surface area contributed by atoms with Crippen molar-refractivity contribution in [1.82, 2.24) is 5.32 Å². The molecule has 1 rings (SSSR count). The quantitative estimate of drug-likeness (QED) is 0.848. The number of halogens is 2. The predicted molar refractivity (Wildman–Crippen MR) is 68.3 cm³/mol. The van der Waals surface area contributed by atoms with Gasteiger partial charge in [-0.25, -0.2) is 4.39 Å². The molecule has 1 aromatic carbocycles. The molecular weight excluding hydrogens is 305 g/mol. The van der Waals surface area contributed by atoms with Crippen molar-refractivity contribution < 1.29 is 18.7 Å². The molecule has 1 amide bonds. The Labute approximate surface area is 113 Å². The van der Waals surface area contributed by atoms with Gasteiger partial charge in [-0.1, -0.05) is 15.9 Å². The Bertz CT molecular complexity index is 477. The van der Waals surface area contributed by atoms with Crippen molar-refractivity contribution in [3.05, 3.63) is 28.0 Å². The smallest absolute Gasteiger partial charge is 0.257 e. The van der Waals surface area contributed by atoms with Crippen LogP contribution in [-0.2, 0) is 4.79 Å². The first-order valence-electron chi connectivity index (χ1n) is 5.35. The number of Topliss-reactive ketones (excluding diaryl/α,β-unsaturated/α-hetero) is 1. The molecule has 0 saturated carbocycles. The summed E-state index contributed by atoms with van der Waals surface area (Å²) in [5.41, 5.74) is 0.103. The molecule has 0 aliphatic heterocycles. The predicted octanol–water partition coefficient (Wildman–Crippen LogP) is 2.31. The minimum atomic E-state index is -0.682. The summed E-state index contributed by atoms with van der Waals surface area (Å²) in [5, 5.41) is 2.51. The van der Waals surface area contributed by atoms with Gasteiger partial charge < -0.3 is 10.1 Å². The molecule has 98 valence electrons. The summed E-state index contributed by atoms with van der Waals surface area (Å²) in [6.45, 7) is 3.20. The molecule has 18 heavy (non-hydrogen) atoms. The molecule has 0 bridgehead atoms. The third kappa shape index (κ3) is 3.80. The Morgan fingerprint density at radius 1 is 1.44 bits per heavy atom. The molecule has 0 spiro atoms. The molecule has 0 unspecified atom stereocenters. The number of rotatable bonds is 5. The lowest BCUT2D eigenvalue weighted by molar-refractivity contribution is -0.123. The summed E-state index contributed by atoms with van der Waals surface area (Å²) in [7, 11) is 0. The largest absolute Gasteiger partial charge is 0.480 e. The van der Waals surface area contributed by atoms with Crippen molar-refractivity contribution in [3.63, 3.8) is 0 Å². The minimum absolute atomic E-state index is 0.103. The molecule has 0 aliphatic rings. The lowest BCUT2D eigenvalue weighted by atomic mass is 10.1. The molecule has 0 heterocycles. The van der Waals surface area contributed by atoms with Crippen molar-refractivity contribution in [3.8, 4) is 5.75 Å². The Balaban J connectivity index is 2.93. The van der Waals surface area contributed by atoms with Crippen LogP contribution in [0.5, 0.6) is 5.75 Å². The van der Waals surface area contributed by atoms with E-state index < -0.39 is 5.82 Å². The summed E-state index contributed by atoms with van der Waals surface area (Å²) >= 11 is 3.09. The average Bonchev–Trinajstić information content (AvgIpc) is 2.27. The number of hydrogen-bond acceptors (Lipinski definition) is 3. The molecule has 4 nitrogen and oxygen atoms in total. The number of benzene rings is 1. The zero-order valence-corrected chi connectivity index (χ0v) is 11.6. The number of ether oxygens (including phenoxy) is 1. The molecular formula is C12H13BrFNO3. The Hall–Kier alpha value is -1.43. The van der Waals surface area contributed by atoms with Crippen molar-refractivity contribution in [2.24, 2.45) is 0 Å². The van der Waals surface area contributed by atoms with Crippen LogP contribution in [0.25, 0.3) is 0 Å². The summed E-state index contributed by atoms with van der Waals surface area (Å²) in [5.74, 6) is -1.58. The van der Waals surface area contributed by atoms with Gasteiger partial charge in [-0.2, -0.15) is 0 Å². The summed E-state index contributed by atoms with van der Waals surface area (Å²) < 4.78 is 19.2. The number of amides is 1. The molecule has 0 atom stereocenters. The second kappa shape index (κ2) is 6.49. The van der Waals surface area contributed by atoms with E-state index in [0.717, 1.165) is 0 Å². The third-order valence-electron chi connectivity index (χ3n) is 2.11. The van der Waals surface area contributed by atoms with Gasteiger partial charge in [-0.3, -0.25) is 9.59 Å². The standard InChI is InChI=1S/C12H13BrFNO3/c1-3-15-11(17)6-18-12-9(7(2)16)4-8(13)5-10(12)14/h4-5H,3,6H2,1-2H3,(H,15,17). The van der Waals surface area contributed by atoms with Crippen molar-refractivity contribution >= 4 is 27.6 Å². The lowest BCUT2D eigenvalue weighted by Gasteiger charge is -2.11. The second-order valence-electron chi connectivity index (χ2n) is 3.56. The van der Waals surface area contributed by atoms with Gasteiger partial charge in [-0.05, 0) is 26.0 Å². The first-order valence-corrected chi connectivity index (χ1v) is 6.14. The van der Waals surface area contributed by atoms with E-state index in [4.69, 9.17) is 4.74 Å². The Morgan fingerprint density at radius 2 is 2.11 bits per heavy atom. The summed E-state index contributed by atoms with van der Waals surface area (Å²) in [6, 6.07) is 2.64. The third-order valence-corrected chi connectivity index (χ3v) is 2.57. The molecule has 0 fully saturated rings. The number of nitrogens with one attached hydrogen (secondary N) is 1. The summed E-state index contributed by atoms with van der Waals surface area (Å²) in [4.78, 5) is 22.6. The number of likely N-dealkylation sites (N-methyl/N-ethyl adjacent to an activating group) is 1. The maximum Gasteiger partial charge on any atom is 0.257 e. The SMILES string of the molecule is CCNC(=O)COc1c(F)cc(Br)cc1C(C)=O. The van der Waals surface area contributed by atoms with Gasteiger partial charge in [0.05, 0.1) is 5.56 Å². The van der Waals surface area contributed by atoms with Crippen LogP contribution in [0, 0.1) is 5.82 Å². The molecule has 0 saturated heterocycles. The minimum Gasteiger partial charge on any atom is -0.480 e. The first-order chi connectivity index (χ1) is 8.45. The zero-order chi connectivity index (χ0) is 13.7. The van der Waals surface area contributed by atoms with E-state index in [9.17, 15) is 14.0 Å². The second-order valence-corrected chi connectivity index (χ2v) is 4.48. The van der Waals surface area contributed by atoms with Crippen LogP contribution in [-0.4, -0.2) is 24.8 Å². The van der Waals surface area contributed by atoms with Gasteiger partial charge in [0.15, 0.2) is 24.0 Å². The van der Waals surface area contributed by atoms with Crippen LogP contribution in [0.2, 0.25) is 0 Å². The van der Waals surface area contributed by atoms with Crippen molar-refractivity contribution in [2.45, 2.75) is 13.8 Å². The van der Waals surface area contributed by atoms with Gasteiger partial charge in [0.1, 0.15) is 0 Å². The fourth-order valence-corrected chi connectivity index (χ4v) is 1.78. The maximum absolute atomic E-state index is 13.7. The van der Waals surface area contributed by atoms with E-state index in [2.05, 4.69) is 21.2 Å². The van der Waals surface area contributed by atoms with Crippen LogP contribution < -0.4 is 10.1 Å². The van der Waals surface area contributed by atoms with E-state index in [1.54, 1.807) is 6.92 Å². The van der Waals surface area contributed by atoms with E-state index in [1.807, 2.05) is 0 Å². The summed E-state index contributed by atoms with van der Waals surface area (Å²) in [6.07, 6.45) is 0. The maximum atomic E-state index is 13.7. The number of carbonyl (C=O) groups excluding carboxylic acids is 2. The molecule has 6 heteroatoms. The van der Waals surface area contributed by atoms with Crippen LogP contribution in [0.4, 0.5) is 4.39 Å². The highest BCUT2D eigenvalue weighted by Crippen LogP contribution is 2.27. The van der Waals surface area contributed by atoms with Crippen LogP contribution in [0.1, 0.15) is 24.2 Å².